The average Bonchev–Trinajstić information content (AvgIpc) is 2.36. The van der Waals surface area contributed by atoms with Gasteiger partial charge in [0.2, 0.25) is 0 Å². The first kappa shape index (κ1) is 15.4. The van der Waals surface area contributed by atoms with Crippen LogP contribution < -0.4 is 4.74 Å². The molecule has 20 heavy (non-hydrogen) atoms. The van der Waals surface area contributed by atoms with E-state index in [4.69, 9.17) is 16.3 Å². The molecule has 2 nitrogen and oxygen atoms in total. The van der Waals surface area contributed by atoms with E-state index < -0.39 is 6.10 Å². The van der Waals surface area contributed by atoms with Gasteiger partial charge in [-0.15, -0.1) is 0 Å². The summed E-state index contributed by atoms with van der Waals surface area (Å²) in [7, 11) is 0. The van der Waals surface area contributed by atoms with Crippen molar-refractivity contribution in [3.8, 4) is 5.75 Å². The minimum Gasteiger partial charge on any atom is -0.491 e. The topological polar surface area (TPSA) is 29.5 Å². The van der Waals surface area contributed by atoms with Gasteiger partial charge in [-0.1, -0.05) is 45.7 Å². The average molecular weight is 356 g/mol. The first-order valence-electron chi connectivity index (χ1n) is 6.37. The van der Waals surface area contributed by atoms with Crippen molar-refractivity contribution in [2.24, 2.45) is 0 Å². The number of hydrogen-bond donors (Lipinski definition) is 1. The van der Waals surface area contributed by atoms with Gasteiger partial charge >= 0.3 is 0 Å². The largest absolute Gasteiger partial charge is 0.491 e. The molecule has 0 aliphatic carbocycles. The summed E-state index contributed by atoms with van der Waals surface area (Å²) in [5.74, 6) is 0.686. The molecule has 0 spiro atoms. The van der Waals surface area contributed by atoms with Gasteiger partial charge in [0.05, 0.1) is 6.10 Å². The van der Waals surface area contributed by atoms with Gasteiger partial charge in [0.25, 0.3) is 0 Å². The first-order chi connectivity index (χ1) is 9.47. The third kappa shape index (κ3) is 3.75. The Balaban J connectivity index is 2.39. The van der Waals surface area contributed by atoms with Crippen LogP contribution in [-0.2, 0) is 0 Å². The van der Waals surface area contributed by atoms with Crippen LogP contribution in [0.4, 0.5) is 0 Å². The number of aliphatic hydroxyl groups excluding tert-OH is 1. The highest BCUT2D eigenvalue weighted by molar-refractivity contribution is 9.10. The van der Waals surface area contributed by atoms with Crippen LogP contribution in [0.25, 0.3) is 0 Å². The van der Waals surface area contributed by atoms with E-state index in [2.05, 4.69) is 15.9 Å². The Kier molecular flexibility index (Phi) is 5.08. The molecule has 1 N–H and O–H groups in total. The van der Waals surface area contributed by atoms with Crippen LogP contribution in [0.1, 0.15) is 31.1 Å². The van der Waals surface area contributed by atoms with E-state index in [1.807, 2.05) is 44.2 Å². The Labute approximate surface area is 132 Å². The quantitative estimate of drug-likeness (QED) is 0.839. The molecule has 0 aliphatic heterocycles. The highest BCUT2D eigenvalue weighted by Crippen LogP contribution is 2.33. The van der Waals surface area contributed by atoms with Crippen molar-refractivity contribution in [2.45, 2.75) is 26.1 Å². The fourth-order valence-electron chi connectivity index (χ4n) is 1.98. The Morgan fingerprint density at radius 1 is 1.15 bits per heavy atom. The van der Waals surface area contributed by atoms with Gasteiger partial charge in [-0.05, 0) is 43.7 Å². The molecule has 0 fully saturated rings. The third-order valence-corrected chi connectivity index (χ3v) is 3.45. The lowest BCUT2D eigenvalue weighted by Gasteiger charge is -2.18. The maximum absolute atomic E-state index is 10.6. The summed E-state index contributed by atoms with van der Waals surface area (Å²) in [6, 6.07) is 12.9. The van der Waals surface area contributed by atoms with Crippen LogP contribution in [0.2, 0.25) is 5.02 Å². The smallest absolute Gasteiger partial charge is 0.125 e. The molecule has 0 aliphatic rings. The van der Waals surface area contributed by atoms with E-state index >= 15 is 0 Å². The van der Waals surface area contributed by atoms with Crippen molar-refractivity contribution in [3.63, 3.8) is 0 Å². The summed E-state index contributed by atoms with van der Waals surface area (Å²) in [6.07, 6.45) is -0.727. The molecule has 0 saturated heterocycles. The maximum atomic E-state index is 10.6. The Morgan fingerprint density at radius 3 is 2.50 bits per heavy atom. The van der Waals surface area contributed by atoms with Gasteiger partial charge in [0.1, 0.15) is 11.9 Å². The molecule has 0 bridgehead atoms. The van der Waals surface area contributed by atoms with Gasteiger partial charge in [-0.25, -0.2) is 0 Å². The lowest BCUT2D eigenvalue weighted by Crippen LogP contribution is -2.10. The van der Waals surface area contributed by atoms with Crippen LogP contribution in [0.15, 0.2) is 46.9 Å². The van der Waals surface area contributed by atoms with Crippen molar-refractivity contribution in [3.05, 3.63) is 63.1 Å². The standard InChI is InChI=1S/C16H16BrClO2/c1-10(2)20-15-6-4-3-5-14(15)16(19)11-7-12(17)9-13(18)8-11/h3-10,16,19H,1-2H3. The van der Waals surface area contributed by atoms with Gasteiger partial charge in [-0.2, -0.15) is 0 Å². The normalized spacial score (nSPS) is 12.5. The van der Waals surface area contributed by atoms with Crippen molar-refractivity contribution >= 4 is 27.5 Å². The fourth-order valence-corrected chi connectivity index (χ4v) is 2.87. The van der Waals surface area contributed by atoms with Crippen molar-refractivity contribution in [1.29, 1.82) is 0 Å². The third-order valence-electron chi connectivity index (χ3n) is 2.78. The molecular weight excluding hydrogens is 340 g/mol. The summed E-state index contributed by atoms with van der Waals surface area (Å²) in [4.78, 5) is 0. The van der Waals surface area contributed by atoms with E-state index in [-0.39, 0.29) is 6.10 Å². The van der Waals surface area contributed by atoms with Crippen LogP contribution in [0, 0.1) is 0 Å². The molecule has 2 aromatic rings. The number of aliphatic hydroxyl groups is 1. The summed E-state index contributed by atoms with van der Waals surface area (Å²) in [5, 5.41) is 11.2. The van der Waals surface area contributed by atoms with Crippen molar-refractivity contribution in [1.82, 2.24) is 0 Å². The summed E-state index contributed by atoms with van der Waals surface area (Å²) < 4.78 is 6.58. The second-order valence-corrected chi connectivity index (χ2v) is 6.16. The van der Waals surface area contributed by atoms with Gasteiger partial charge in [-0.3, -0.25) is 0 Å². The van der Waals surface area contributed by atoms with E-state index in [1.54, 1.807) is 12.1 Å². The Hall–Kier alpha value is -1.03. The van der Waals surface area contributed by atoms with E-state index in [0.29, 0.717) is 10.8 Å². The lowest BCUT2D eigenvalue weighted by atomic mass is 10.0. The van der Waals surface area contributed by atoms with Gasteiger partial charge < -0.3 is 9.84 Å². The van der Waals surface area contributed by atoms with Crippen molar-refractivity contribution < 1.29 is 9.84 Å². The Bertz CT molecular complexity index is 579. The molecule has 1 atom stereocenters. The second-order valence-electron chi connectivity index (χ2n) is 4.81. The number of halogens is 2. The second kappa shape index (κ2) is 6.61. The molecule has 4 heteroatoms. The summed E-state index contributed by atoms with van der Waals surface area (Å²) in [6.45, 7) is 3.91. The predicted octanol–water partition coefficient (Wildman–Crippen LogP) is 4.97. The summed E-state index contributed by atoms with van der Waals surface area (Å²) >= 11 is 9.42. The molecule has 0 radical (unpaired) electrons. The maximum Gasteiger partial charge on any atom is 0.125 e. The molecule has 0 saturated carbocycles. The number of benzene rings is 2. The number of rotatable bonds is 4. The highest BCUT2D eigenvalue weighted by Gasteiger charge is 2.17. The van der Waals surface area contributed by atoms with Crippen LogP contribution >= 0.6 is 27.5 Å². The molecule has 0 amide bonds. The van der Waals surface area contributed by atoms with Crippen LogP contribution in [-0.4, -0.2) is 11.2 Å². The zero-order chi connectivity index (χ0) is 14.7. The minimum absolute atomic E-state index is 0.0504. The van der Waals surface area contributed by atoms with Gasteiger partial charge in [0, 0.05) is 15.1 Å². The molecule has 2 aromatic carbocycles. The number of ether oxygens (including phenoxy) is 1. The van der Waals surface area contributed by atoms with Gasteiger partial charge in [0.15, 0.2) is 0 Å². The van der Waals surface area contributed by atoms with E-state index in [1.165, 1.54) is 0 Å². The molecule has 0 heterocycles. The predicted molar refractivity (Wildman–Crippen MR) is 85.4 cm³/mol. The number of para-hydroxylation sites is 1. The van der Waals surface area contributed by atoms with E-state index in [0.717, 1.165) is 15.6 Å². The molecule has 106 valence electrons. The zero-order valence-corrected chi connectivity index (χ0v) is 13.6. The Morgan fingerprint density at radius 2 is 1.85 bits per heavy atom. The van der Waals surface area contributed by atoms with Crippen molar-refractivity contribution in [2.75, 3.05) is 0 Å². The zero-order valence-electron chi connectivity index (χ0n) is 11.3. The minimum atomic E-state index is -0.778. The van der Waals surface area contributed by atoms with Crippen LogP contribution in [0.5, 0.6) is 5.75 Å². The lowest BCUT2D eigenvalue weighted by molar-refractivity contribution is 0.198. The molecule has 2 rings (SSSR count). The number of hydrogen-bond acceptors (Lipinski definition) is 2. The SMILES string of the molecule is CC(C)Oc1ccccc1C(O)c1cc(Cl)cc(Br)c1. The summed E-state index contributed by atoms with van der Waals surface area (Å²) in [5.41, 5.74) is 1.46. The molecule has 1 unspecified atom stereocenters. The first-order valence-corrected chi connectivity index (χ1v) is 7.54. The fraction of sp³-hybridized carbons (Fsp3) is 0.250. The molecular formula is C16H16BrClO2. The molecule has 0 aromatic heterocycles. The highest BCUT2D eigenvalue weighted by atomic mass is 79.9. The van der Waals surface area contributed by atoms with Crippen LogP contribution in [0.3, 0.4) is 0 Å². The monoisotopic (exact) mass is 354 g/mol. The van der Waals surface area contributed by atoms with E-state index in [9.17, 15) is 5.11 Å².